The van der Waals surface area contributed by atoms with Gasteiger partial charge in [0.15, 0.2) is 11.5 Å². The minimum absolute atomic E-state index is 0. The quantitative estimate of drug-likeness (QED) is 0.708. The van der Waals surface area contributed by atoms with Crippen molar-refractivity contribution in [2.24, 2.45) is 0 Å². The molecule has 1 unspecified atom stereocenters. The largest absolute Gasteiger partial charge is 0.493 e. The molecular formula is C20H27ClN2O3S. The van der Waals surface area contributed by atoms with Crippen LogP contribution in [-0.4, -0.2) is 45.2 Å². The first-order valence-electron chi connectivity index (χ1n) is 8.91. The van der Waals surface area contributed by atoms with Gasteiger partial charge in [-0.2, -0.15) is 0 Å². The van der Waals surface area contributed by atoms with Crippen molar-refractivity contribution in [3.05, 3.63) is 45.6 Å². The summed E-state index contributed by atoms with van der Waals surface area (Å²) >= 11 is 1.69. The average Bonchev–Trinajstić information content (AvgIpc) is 3.20. The van der Waals surface area contributed by atoms with Gasteiger partial charge in [0.25, 0.3) is 0 Å². The lowest BCUT2D eigenvalue weighted by Gasteiger charge is -2.37. The SMILES string of the molecule is CNCCCC(=O)N1CCc2cc(OC)c(OC)cc2C1c1cccs1.Cl. The lowest BCUT2D eigenvalue weighted by molar-refractivity contribution is -0.133. The summed E-state index contributed by atoms with van der Waals surface area (Å²) in [7, 11) is 5.21. The summed E-state index contributed by atoms with van der Waals surface area (Å²) in [6.45, 7) is 1.58. The van der Waals surface area contributed by atoms with E-state index in [1.54, 1.807) is 25.6 Å². The molecule has 2 aromatic rings. The van der Waals surface area contributed by atoms with Crippen LogP contribution >= 0.6 is 23.7 Å². The van der Waals surface area contributed by atoms with E-state index < -0.39 is 0 Å². The van der Waals surface area contributed by atoms with Gasteiger partial charge in [0.1, 0.15) is 0 Å². The minimum atomic E-state index is -0.0550. The van der Waals surface area contributed by atoms with Gasteiger partial charge in [-0.15, -0.1) is 23.7 Å². The van der Waals surface area contributed by atoms with Crippen LogP contribution in [0.2, 0.25) is 0 Å². The van der Waals surface area contributed by atoms with Crippen molar-refractivity contribution in [3.63, 3.8) is 0 Å². The summed E-state index contributed by atoms with van der Waals surface area (Å²) in [5.41, 5.74) is 2.36. The highest BCUT2D eigenvalue weighted by Gasteiger charge is 2.33. The smallest absolute Gasteiger partial charge is 0.223 e. The van der Waals surface area contributed by atoms with E-state index in [0.29, 0.717) is 12.2 Å². The van der Waals surface area contributed by atoms with Gasteiger partial charge in [-0.1, -0.05) is 6.07 Å². The second kappa shape index (κ2) is 9.97. The van der Waals surface area contributed by atoms with Crippen molar-refractivity contribution in [2.45, 2.75) is 25.3 Å². The van der Waals surface area contributed by atoms with Crippen LogP contribution < -0.4 is 14.8 Å². The average molecular weight is 411 g/mol. The Morgan fingerprint density at radius 2 is 2.04 bits per heavy atom. The van der Waals surface area contributed by atoms with Gasteiger partial charge in [0.2, 0.25) is 5.91 Å². The Kier molecular flexibility index (Phi) is 7.95. The number of amides is 1. The Bertz CT molecular complexity index is 752. The molecule has 1 aromatic heterocycles. The van der Waals surface area contributed by atoms with Gasteiger partial charge in [0, 0.05) is 17.8 Å². The second-order valence-electron chi connectivity index (χ2n) is 6.37. The normalized spacial score (nSPS) is 15.7. The van der Waals surface area contributed by atoms with Gasteiger partial charge >= 0.3 is 0 Å². The summed E-state index contributed by atoms with van der Waals surface area (Å²) in [5.74, 6) is 1.65. The van der Waals surface area contributed by atoms with E-state index in [4.69, 9.17) is 9.47 Å². The summed E-state index contributed by atoms with van der Waals surface area (Å²) in [6, 6.07) is 8.18. The van der Waals surface area contributed by atoms with Crippen molar-refractivity contribution in [3.8, 4) is 11.5 Å². The molecule has 1 amide bonds. The van der Waals surface area contributed by atoms with E-state index in [2.05, 4.69) is 22.8 Å². The molecule has 0 fully saturated rings. The van der Waals surface area contributed by atoms with E-state index in [1.807, 2.05) is 24.1 Å². The fourth-order valence-corrected chi connectivity index (χ4v) is 4.38. The Balaban J connectivity index is 0.00000261. The first-order valence-corrected chi connectivity index (χ1v) is 9.79. The van der Waals surface area contributed by atoms with Crippen LogP contribution in [0.1, 0.15) is 34.9 Å². The third kappa shape index (κ3) is 4.57. The van der Waals surface area contributed by atoms with Crippen molar-refractivity contribution in [2.75, 3.05) is 34.4 Å². The Hall–Kier alpha value is -1.76. The number of nitrogens with one attached hydrogen (secondary N) is 1. The van der Waals surface area contributed by atoms with Gasteiger partial charge < -0.3 is 19.7 Å². The predicted octanol–water partition coefficient (Wildman–Crippen LogP) is 3.66. The summed E-state index contributed by atoms with van der Waals surface area (Å²) in [4.78, 5) is 16.1. The molecule has 148 valence electrons. The number of fused-ring (bicyclic) bond motifs is 1. The van der Waals surface area contributed by atoms with Gasteiger partial charge in [0.05, 0.1) is 20.3 Å². The predicted molar refractivity (Wildman–Crippen MR) is 112 cm³/mol. The zero-order chi connectivity index (χ0) is 18.5. The number of rotatable bonds is 7. The van der Waals surface area contributed by atoms with Gasteiger partial charge in [-0.25, -0.2) is 0 Å². The summed E-state index contributed by atoms with van der Waals surface area (Å²) in [6.07, 6.45) is 2.24. The number of nitrogens with zero attached hydrogens (tertiary/aromatic N) is 1. The number of ether oxygens (including phenoxy) is 2. The second-order valence-corrected chi connectivity index (χ2v) is 7.35. The van der Waals surface area contributed by atoms with Crippen LogP contribution in [0.15, 0.2) is 29.6 Å². The lowest BCUT2D eigenvalue weighted by Crippen LogP contribution is -2.40. The van der Waals surface area contributed by atoms with E-state index in [9.17, 15) is 4.79 Å². The molecule has 3 rings (SSSR count). The topological polar surface area (TPSA) is 50.8 Å². The monoisotopic (exact) mass is 410 g/mol. The van der Waals surface area contributed by atoms with Crippen molar-refractivity contribution >= 4 is 29.7 Å². The minimum Gasteiger partial charge on any atom is -0.493 e. The van der Waals surface area contributed by atoms with Crippen molar-refractivity contribution in [1.82, 2.24) is 10.2 Å². The Morgan fingerprint density at radius 3 is 2.67 bits per heavy atom. The molecule has 0 aliphatic carbocycles. The molecule has 5 nitrogen and oxygen atoms in total. The number of benzene rings is 1. The maximum Gasteiger partial charge on any atom is 0.223 e. The van der Waals surface area contributed by atoms with Crippen LogP contribution in [0.5, 0.6) is 11.5 Å². The van der Waals surface area contributed by atoms with Crippen LogP contribution in [0.25, 0.3) is 0 Å². The first-order chi connectivity index (χ1) is 12.7. The molecule has 1 aliphatic rings. The highest BCUT2D eigenvalue weighted by molar-refractivity contribution is 7.10. The fourth-order valence-electron chi connectivity index (χ4n) is 3.53. The number of halogens is 1. The van der Waals surface area contributed by atoms with E-state index in [-0.39, 0.29) is 24.4 Å². The number of methoxy groups -OCH3 is 2. The molecule has 1 aliphatic heterocycles. The maximum atomic E-state index is 12.9. The number of hydrogen-bond donors (Lipinski definition) is 1. The highest BCUT2D eigenvalue weighted by Crippen LogP contribution is 2.42. The Labute approximate surface area is 171 Å². The van der Waals surface area contributed by atoms with Crippen LogP contribution in [0.4, 0.5) is 0 Å². The first kappa shape index (κ1) is 21.5. The molecule has 7 heteroatoms. The zero-order valence-electron chi connectivity index (χ0n) is 16.0. The maximum absolute atomic E-state index is 12.9. The number of carbonyl (C=O) groups is 1. The van der Waals surface area contributed by atoms with E-state index in [0.717, 1.165) is 37.2 Å². The highest BCUT2D eigenvalue weighted by atomic mass is 35.5. The summed E-state index contributed by atoms with van der Waals surface area (Å²) in [5, 5.41) is 5.17. The molecule has 0 radical (unpaired) electrons. The third-order valence-electron chi connectivity index (χ3n) is 4.82. The van der Waals surface area contributed by atoms with Crippen LogP contribution in [-0.2, 0) is 11.2 Å². The lowest BCUT2D eigenvalue weighted by atomic mass is 9.90. The third-order valence-corrected chi connectivity index (χ3v) is 5.75. The summed E-state index contributed by atoms with van der Waals surface area (Å²) < 4.78 is 11.0. The van der Waals surface area contributed by atoms with Gasteiger partial charge in [-0.3, -0.25) is 4.79 Å². The molecule has 0 saturated heterocycles. The number of carbonyl (C=O) groups excluding carboxylic acids is 1. The molecule has 0 saturated carbocycles. The molecule has 0 spiro atoms. The zero-order valence-corrected chi connectivity index (χ0v) is 17.6. The molecular weight excluding hydrogens is 384 g/mol. The van der Waals surface area contributed by atoms with Gasteiger partial charge in [-0.05, 0) is 61.1 Å². The fraction of sp³-hybridized carbons (Fsp3) is 0.450. The van der Waals surface area contributed by atoms with Crippen molar-refractivity contribution < 1.29 is 14.3 Å². The Morgan fingerprint density at radius 1 is 1.30 bits per heavy atom. The van der Waals surface area contributed by atoms with Crippen LogP contribution in [0, 0.1) is 0 Å². The molecule has 2 heterocycles. The standard InChI is InChI=1S/C20H26N2O3S.ClH/c1-21-9-4-7-19(23)22-10-8-14-12-16(24-2)17(25-3)13-15(14)20(22)18-6-5-11-26-18;/h5-6,11-13,20-21H,4,7-10H2,1-3H3;1H. The van der Waals surface area contributed by atoms with Crippen molar-refractivity contribution in [1.29, 1.82) is 0 Å². The number of hydrogen-bond acceptors (Lipinski definition) is 5. The van der Waals surface area contributed by atoms with E-state index >= 15 is 0 Å². The molecule has 1 atom stereocenters. The number of thiophene rings is 1. The molecule has 27 heavy (non-hydrogen) atoms. The molecule has 0 bridgehead atoms. The van der Waals surface area contributed by atoms with E-state index in [1.165, 1.54) is 10.4 Å². The molecule has 1 N–H and O–H groups in total. The van der Waals surface area contributed by atoms with Crippen LogP contribution in [0.3, 0.4) is 0 Å². The molecule has 1 aromatic carbocycles.